The Bertz CT molecular complexity index is 1580. The van der Waals surface area contributed by atoms with Gasteiger partial charge in [0.1, 0.15) is 10.7 Å². The minimum Gasteiger partial charge on any atom is -0.353 e. The molecular formula is C24H21N5O2S. The minimum atomic E-state index is -3.89. The van der Waals surface area contributed by atoms with Crippen LogP contribution in [0.3, 0.4) is 0 Å². The van der Waals surface area contributed by atoms with Crippen LogP contribution in [0.25, 0.3) is 32.7 Å². The Kier molecular flexibility index (Phi) is 4.38. The van der Waals surface area contributed by atoms with Gasteiger partial charge in [0.15, 0.2) is 0 Å². The van der Waals surface area contributed by atoms with Gasteiger partial charge in [-0.25, -0.2) is 17.4 Å². The van der Waals surface area contributed by atoms with Crippen LogP contribution in [0, 0.1) is 0 Å². The van der Waals surface area contributed by atoms with E-state index < -0.39 is 10.0 Å². The van der Waals surface area contributed by atoms with Crippen molar-refractivity contribution in [3.8, 4) is 0 Å². The number of piperazine rings is 1. The summed E-state index contributed by atoms with van der Waals surface area (Å²) in [7, 11) is -3.89. The van der Waals surface area contributed by atoms with Crippen LogP contribution in [-0.4, -0.2) is 48.5 Å². The third kappa shape index (κ3) is 2.87. The van der Waals surface area contributed by atoms with E-state index in [1.807, 2.05) is 48.5 Å². The van der Waals surface area contributed by atoms with Gasteiger partial charge in [0, 0.05) is 54.7 Å². The van der Waals surface area contributed by atoms with Crippen LogP contribution in [-0.2, 0) is 10.0 Å². The van der Waals surface area contributed by atoms with Gasteiger partial charge in [0.05, 0.1) is 16.6 Å². The fourth-order valence-corrected chi connectivity index (χ4v) is 6.05. The lowest BCUT2D eigenvalue weighted by molar-refractivity contribution is 0.586. The molecule has 0 atom stereocenters. The second-order valence-electron chi connectivity index (χ2n) is 7.90. The second kappa shape index (κ2) is 7.29. The first kappa shape index (κ1) is 19.2. The average molecular weight is 444 g/mol. The smallest absolute Gasteiger partial charge is 0.270 e. The van der Waals surface area contributed by atoms with Gasteiger partial charge in [0.2, 0.25) is 0 Å². The van der Waals surface area contributed by atoms with Crippen molar-refractivity contribution in [2.75, 3.05) is 31.1 Å². The fourth-order valence-electron chi connectivity index (χ4n) is 4.51. The predicted octanol–water partition coefficient (Wildman–Crippen LogP) is 3.38. The minimum absolute atomic E-state index is 0.192. The summed E-state index contributed by atoms with van der Waals surface area (Å²) in [6, 6.07) is 18.5. The molecule has 4 heterocycles. The maximum absolute atomic E-state index is 13.9. The lowest BCUT2D eigenvalue weighted by atomic mass is 10.1. The number of nitrogens with one attached hydrogen (secondary N) is 1. The van der Waals surface area contributed by atoms with Crippen LogP contribution < -0.4 is 10.2 Å². The zero-order valence-corrected chi connectivity index (χ0v) is 18.1. The van der Waals surface area contributed by atoms with E-state index in [9.17, 15) is 8.42 Å². The topological polar surface area (TPSA) is 80.1 Å². The molecule has 1 fully saturated rings. The summed E-state index contributed by atoms with van der Waals surface area (Å²) in [5.41, 5.74) is 1.90. The summed E-state index contributed by atoms with van der Waals surface area (Å²) in [6.07, 6.45) is 3.26. The van der Waals surface area contributed by atoms with E-state index in [2.05, 4.69) is 15.2 Å². The number of fused-ring (bicyclic) bond motifs is 4. The largest absolute Gasteiger partial charge is 0.353 e. The molecule has 160 valence electrons. The van der Waals surface area contributed by atoms with Gasteiger partial charge in [-0.2, -0.15) is 0 Å². The number of para-hydroxylation sites is 2. The number of hydrogen-bond acceptors (Lipinski definition) is 6. The molecule has 2 aromatic carbocycles. The number of anilines is 1. The summed E-state index contributed by atoms with van der Waals surface area (Å²) >= 11 is 0. The third-order valence-electron chi connectivity index (χ3n) is 6.03. The maximum Gasteiger partial charge on any atom is 0.270 e. The van der Waals surface area contributed by atoms with Crippen molar-refractivity contribution in [1.29, 1.82) is 0 Å². The zero-order chi connectivity index (χ0) is 21.7. The zero-order valence-electron chi connectivity index (χ0n) is 17.3. The van der Waals surface area contributed by atoms with E-state index in [0.29, 0.717) is 11.0 Å². The normalized spacial score (nSPS) is 15.1. The Labute approximate surface area is 185 Å². The molecule has 0 spiro atoms. The Morgan fingerprint density at radius 3 is 2.56 bits per heavy atom. The van der Waals surface area contributed by atoms with Gasteiger partial charge in [-0.15, -0.1) is 0 Å². The van der Waals surface area contributed by atoms with E-state index in [1.165, 1.54) is 3.97 Å². The number of aromatic nitrogens is 3. The number of rotatable bonds is 3. The summed E-state index contributed by atoms with van der Waals surface area (Å²) in [6.45, 7) is 3.39. The Morgan fingerprint density at radius 1 is 0.875 bits per heavy atom. The molecule has 6 rings (SSSR count). The SMILES string of the molecule is O=S(=O)(c1cccc2cccnc12)n1ccc2c(N3CCNCC3)nc3ccccc3c21. The molecule has 0 aliphatic carbocycles. The number of pyridine rings is 2. The molecule has 0 saturated carbocycles. The highest BCUT2D eigenvalue weighted by Gasteiger charge is 2.26. The lowest BCUT2D eigenvalue weighted by Gasteiger charge is -2.29. The van der Waals surface area contributed by atoms with Gasteiger partial charge in [0.25, 0.3) is 10.0 Å². The van der Waals surface area contributed by atoms with Crippen molar-refractivity contribution in [2.45, 2.75) is 4.90 Å². The molecule has 0 radical (unpaired) electrons. The number of hydrogen-bond donors (Lipinski definition) is 1. The first-order chi connectivity index (χ1) is 15.6. The van der Waals surface area contributed by atoms with Crippen LogP contribution in [0.5, 0.6) is 0 Å². The summed E-state index contributed by atoms with van der Waals surface area (Å²) in [5, 5.41) is 5.79. The standard InChI is InChI=1S/C24H21N5O2S/c30-32(31,21-9-3-5-17-6-4-11-26-22(17)21)29-14-10-19-23(29)18-7-1-2-8-20(18)27-24(19)28-15-12-25-13-16-28/h1-11,14,25H,12-13,15-16H2. The summed E-state index contributed by atoms with van der Waals surface area (Å²) in [4.78, 5) is 11.7. The van der Waals surface area contributed by atoms with Gasteiger partial charge < -0.3 is 10.2 Å². The molecule has 1 N–H and O–H groups in total. The molecule has 8 heteroatoms. The highest BCUT2D eigenvalue weighted by Crippen LogP contribution is 2.35. The highest BCUT2D eigenvalue weighted by atomic mass is 32.2. The van der Waals surface area contributed by atoms with Crippen LogP contribution >= 0.6 is 0 Å². The van der Waals surface area contributed by atoms with E-state index in [1.54, 1.807) is 24.5 Å². The molecule has 5 aromatic rings. The molecule has 1 aliphatic rings. The monoisotopic (exact) mass is 443 g/mol. The first-order valence-electron chi connectivity index (χ1n) is 10.6. The van der Waals surface area contributed by atoms with Crippen LogP contribution in [0.15, 0.2) is 78.0 Å². The van der Waals surface area contributed by atoms with E-state index >= 15 is 0 Å². The molecule has 3 aromatic heterocycles. The molecule has 7 nitrogen and oxygen atoms in total. The number of nitrogens with zero attached hydrogens (tertiary/aromatic N) is 4. The molecule has 1 saturated heterocycles. The highest BCUT2D eigenvalue weighted by molar-refractivity contribution is 7.90. The van der Waals surface area contributed by atoms with Crippen molar-refractivity contribution < 1.29 is 8.42 Å². The van der Waals surface area contributed by atoms with Crippen molar-refractivity contribution in [1.82, 2.24) is 19.3 Å². The van der Waals surface area contributed by atoms with Gasteiger partial charge in [-0.3, -0.25) is 4.98 Å². The van der Waals surface area contributed by atoms with Gasteiger partial charge in [-0.1, -0.05) is 36.4 Å². The molecule has 0 amide bonds. The number of benzene rings is 2. The predicted molar refractivity (Wildman–Crippen MR) is 127 cm³/mol. The molecular weight excluding hydrogens is 422 g/mol. The van der Waals surface area contributed by atoms with Crippen molar-refractivity contribution in [2.24, 2.45) is 0 Å². The van der Waals surface area contributed by atoms with Crippen LogP contribution in [0.1, 0.15) is 0 Å². The first-order valence-corrected chi connectivity index (χ1v) is 12.0. The quantitative estimate of drug-likeness (QED) is 0.461. The average Bonchev–Trinajstić information content (AvgIpc) is 3.30. The van der Waals surface area contributed by atoms with E-state index in [4.69, 9.17) is 4.98 Å². The van der Waals surface area contributed by atoms with Crippen molar-refractivity contribution >= 4 is 48.5 Å². The van der Waals surface area contributed by atoms with Crippen molar-refractivity contribution in [3.63, 3.8) is 0 Å². The van der Waals surface area contributed by atoms with Crippen LogP contribution in [0.4, 0.5) is 5.82 Å². The Balaban J connectivity index is 1.66. The van der Waals surface area contributed by atoms with Gasteiger partial charge >= 0.3 is 0 Å². The summed E-state index contributed by atoms with van der Waals surface area (Å²) < 4.78 is 29.3. The second-order valence-corrected chi connectivity index (χ2v) is 9.68. The Morgan fingerprint density at radius 2 is 1.69 bits per heavy atom. The van der Waals surface area contributed by atoms with E-state index in [-0.39, 0.29) is 4.90 Å². The lowest BCUT2D eigenvalue weighted by Crippen LogP contribution is -2.44. The van der Waals surface area contributed by atoms with Crippen LogP contribution in [0.2, 0.25) is 0 Å². The Hall–Kier alpha value is -3.49. The van der Waals surface area contributed by atoms with Crippen molar-refractivity contribution in [3.05, 3.63) is 73.1 Å². The molecule has 0 unspecified atom stereocenters. The van der Waals surface area contributed by atoms with E-state index in [0.717, 1.165) is 53.7 Å². The maximum atomic E-state index is 13.9. The molecule has 32 heavy (non-hydrogen) atoms. The summed E-state index contributed by atoms with van der Waals surface area (Å²) in [5.74, 6) is 0.824. The molecule has 0 bridgehead atoms. The fraction of sp³-hybridized carbons (Fsp3) is 0.167. The van der Waals surface area contributed by atoms with Gasteiger partial charge in [-0.05, 0) is 24.3 Å². The third-order valence-corrected chi connectivity index (χ3v) is 7.74. The molecule has 1 aliphatic heterocycles.